The van der Waals surface area contributed by atoms with Gasteiger partial charge in [-0.15, -0.1) is 0 Å². The van der Waals surface area contributed by atoms with Crippen molar-refractivity contribution in [1.82, 2.24) is 4.72 Å². The first-order valence-electron chi connectivity index (χ1n) is 7.87. The highest BCUT2D eigenvalue weighted by molar-refractivity contribution is 7.91. The molecule has 0 aliphatic heterocycles. The molecule has 2 rings (SSSR count). The van der Waals surface area contributed by atoms with Crippen LogP contribution in [0.5, 0.6) is 11.5 Å². The molecule has 0 aliphatic carbocycles. The van der Waals surface area contributed by atoms with E-state index in [0.29, 0.717) is 23.7 Å². The van der Waals surface area contributed by atoms with Gasteiger partial charge in [0.1, 0.15) is 4.90 Å². The number of sulfonamides is 1. The Hall–Kier alpha value is -1.81. The topological polar surface area (TPSA) is 98.8 Å². The molecule has 1 N–H and O–H groups in total. The number of hydrogen-bond donors (Lipinski definition) is 1. The van der Waals surface area contributed by atoms with Gasteiger partial charge in [0.2, 0.25) is 10.0 Å². The van der Waals surface area contributed by atoms with Crippen molar-refractivity contribution >= 4 is 31.5 Å². The first kappa shape index (κ1) is 21.5. The summed E-state index contributed by atoms with van der Waals surface area (Å²) < 4.78 is 61.6. The largest absolute Gasteiger partial charge is 0.493 e. The van der Waals surface area contributed by atoms with Crippen LogP contribution in [0.15, 0.2) is 46.2 Å². The van der Waals surface area contributed by atoms with Gasteiger partial charge < -0.3 is 9.47 Å². The third kappa shape index (κ3) is 5.35. The lowest BCUT2D eigenvalue weighted by Crippen LogP contribution is -2.24. The summed E-state index contributed by atoms with van der Waals surface area (Å²) in [6.45, 7) is 2.28. The van der Waals surface area contributed by atoms with E-state index >= 15 is 0 Å². The van der Waals surface area contributed by atoms with Crippen LogP contribution in [0, 0.1) is 0 Å². The normalized spacial score (nSPS) is 12.0. The molecule has 0 bridgehead atoms. The number of ether oxygens (including phenoxy) is 2. The molecule has 0 aliphatic rings. The second-order valence-electron chi connectivity index (χ2n) is 5.61. The summed E-state index contributed by atoms with van der Waals surface area (Å²) >= 11 is 5.97. The molecule has 0 heterocycles. The van der Waals surface area contributed by atoms with E-state index in [1.165, 1.54) is 19.2 Å². The summed E-state index contributed by atoms with van der Waals surface area (Å²) in [6, 6.07) is 8.58. The zero-order valence-electron chi connectivity index (χ0n) is 15.0. The Labute approximate surface area is 164 Å². The first-order valence-corrected chi connectivity index (χ1v) is 11.6. The molecule has 10 heteroatoms. The van der Waals surface area contributed by atoms with E-state index in [1.807, 2.05) is 6.92 Å². The van der Waals surface area contributed by atoms with Crippen LogP contribution in [-0.2, 0) is 26.4 Å². The molecule has 2 aromatic carbocycles. The molecule has 27 heavy (non-hydrogen) atoms. The number of rotatable bonds is 8. The summed E-state index contributed by atoms with van der Waals surface area (Å²) in [5.41, 5.74) is 0.634. The van der Waals surface area contributed by atoms with Crippen LogP contribution in [0.3, 0.4) is 0 Å². The van der Waals surface area contributed by atoms with Gasteiger partial charge in [0, 0.05) is 12.8 Å². The molecule has 0 amide bonds. The quantitative estimate of drug-likeness (QED) is 0.687. The smallest absolute Gasteiger partial charge is 0.242 e. The van der Waals surface area contributed by atoms with E-state index in [9.17, 15) is 16.8 Å². The summed E-state index contributed by atoms with van der Waals surface area (Å²) in [4.78, 5) is -0.431. The maximum Gasteiger partial charge on any atom is 0.242 e. The minimum atomic E-state index is -4.03. The maximum absolute atomic E-state index is 12.6. The van der Waals surface area contributed by atoms with Crippen molar-refractivity contribution < 1.29 is 26.3 Å². The van der Waals surface area contributed by atoms with E-state index in [2.05, 4.69) is 4.72 Å². The van der Waals surface area contributed by atoms with Gasteiger partial charge in [-0.25, -0.2) is 21.6 Å². The van der Waals surface area contributed by atoms with Gasteiger partial charge in [-0.05, 0) is 42.8 Å². The molecule has 0 unspecified atom stereocenters. The van der Waals surface area contributed by atoms with Crippen molar-refractivity contribution in [3.05, 3.63) is 47.0 Å². The fraction of sp³-hybridized carbons (Fsp3) is 0.294. The lowest BCUT2D eigenvalue weighted by molar-refractivity contribution is 0.310. The molecule has 0 saturated heterocycles. The molecule has 148 valence electrons. The SMILES string of the molecule is CCOc1ccc(CNS(=O)(=O)c2cc(S(C)(=O)=O)ccc2Cl)cc1OC. The van der Waals surface area contributed by atoms with Gasteiger partial charge in [-0.2, -0.15) is 0 Å². The van der Waals surface area contributed by atoms with Crippen LogP contribution in [0.2, 0.25) is 5.02 Å². The molecule has 2 aromatic rings. The standard InChI is InChI=1S/C17H20ClNO6S2/c1-4-25-15-8-5-12(9-16(15)24-2)11-19-27(22,23)17-10-13(26(3,20)21)6-7-14(17)18/h5-10,19H,4,11H2,1-3H3. The number of benzene rings is 2. The van der Waals surface area contributed by atoms with Gasteiger partial charge in [0.15, 0.2) is 21.3 Å². The zero-order valence-corrected chi connectivity index (χ0v) is 17.4. The van der Waals surface area contributed by atoms with E-state index < -0.39 is 19.9 Å². The Morgan fingerprint density at radius 1 is 1.04 bits per heavy atom. The zero-order chi connectivity index (χ0) is 20.2. The van der Waals surface area contributed by atoms with Crippen LogP contribution in [0.4, 0.5) is 0 Å². The molecule has 0 atom stereocenters. The van der Waals surface area contributed by atoms with Gasteiger partial charge in [-0.1, -0.05) is 17.7 Å². The third-order valence-corrected chi connectivity index (χ3v) is 6.61. The summed E-state index contributed by atoms with van der Waals surface area (Å²) in [7, 11) is -6.11. The van der Waals surface area contributed by atoms with Gasteiger partial charge in [0.05, 0.1) is 23.6 Å². The lowest BCUT2D eigenvalue weighted by Gasteiger charge is -2.12. The number of methoxy groups -OCH3 is 1. The Morgan fingerprint density at radius 3 is 2.33 bits per heavy atom. The molecule has 0 radical (unpaired) electrons. The summed E-state index contributed by atoms with van der Waals surface area (Å²) in [6.07, 6.45) is 0.992. The lowest BCUT2D eigenvalue weighted by atomic mass is 10.2. The molecule has 0 aromatic heterocycles. The minimum Gasteiger partial charge on any atom is -0.493 e. The van der Waals surface area contributed by atoms with Gasteiger partial charge >= 0.3 is 0 Å². The molecular weight excluding hydrogens is 414 g/mol. The first-order chi connectivity index (χ1) is 12.6. The van der Waals surface area contributed by atoms with Crippen molar-refractivity contribution in [2.75, 3.05) is 20.0 Å². The Bertz CT molecular complexity index is 1040. The summed E-state index contributed by atoms with van der Waals surface area (Å²) in [5.74, 6) is 1.03. The van der Waals surface area contributed by atoms with E-state index in [1.54, 1.807) is 18.2 Å². The van der Waals surface area contributed by atoms with Crippen molar-refractivity contribution in [3.8, 4) is 11.5 Å². The van der Waals surface area contributed by atoms with Crippen LogP contribution in [0.25, 0.3) is 0 Å². The summed E-state index contributed by atoms with van der Waals surface area (Å²) in [5, 5.41) is -0.0702. The monoisotopic (exact) mass is 433 g/mol. The predicted octanol–water partition coefficient (Wildman–Crippen LogP) is 2.63. The average molecular weight is 434 g/mol. The van der Waals surface area contributed by atoms with Crippen LogP contribution < -0.4 is 14.2 Å². The number of nitrogens with one attached hydrogen (secondary N) is 1. The highest BCUT2D eigenvalue weighted by atomic mass is 35.5. The highest BCUT2D eigenvalue weighted by Gasteiger charge is 2.21. The molecule has 0 saturated carbocycles. The average Bonchev–Trinajstić information content (AvgIpc) is 2.60. The van der Waals surface area contributed by atoms with Gasteiger partial charge in [-0.3, -0.25) is 0 Å². The third-order valence-electron chi connectivity index (χ3n) is 3.61. The molecule has 0 fully saturated rings. The van der Waals surface area contributed by atoms with Crippen molar-refractivity contribution in [2.45, 2.75) is 23.3 Å². The molecular formula is C17H20ClNO6S2. The Kier molecular flexibility index (Phi) is 6.74. The minimum absolute atomic E-state index is 0.0372. The van der Waals surface area contributed by atoms with Crippen molar-refractivity contribution in [1.29, 1.82) is 0 Å². The second-order valence-corrected chi connectivity index (χ2v) is 9.77. The van der Waals surface area contributed by atoms with E-state index in [4.69, 9.17) is 21.1 Å². The van der Waals surface area contributed by atoms with Crippen molar-refractivity contribution in [2.24, 2.45) is 0 Å². The van der Waals surface area contributed by atoms with E-state index in [0.717, 1.165) is 12.3 Å². The second kappa shape index (κ2) is 8.47. The van der Waals surface area contributed by atoms with Crippen LogP contribution in [-0.4, -0.2) is 36.8 Å². The number of hydrogen-bond acceptors (Lipinski definition) is 6. The highest BCUT2D eigenvalue weighted by Crippen LogP contribution is 2.29. The fourth-order valence-electron chi connectivity index (χ4n) is 2.27. The predicted molar refractivity (Wildman–Crippen MR) is 103 cm³/mol. The fourth-order valence-corrected chi connectivity index (χ4v) is 4.54. The van der Waals surface area contributed by atoms with Crippen LogP contribution >= 0.6 is 11.6 Å². The number of halogens is 1. The maximum atomic E-state index is 12.6. The Balaban J connectivity index is 2.28. The van der Waals surface area contributed by atoms with Gasteiger partial charge in [0.25, 0.3) is 0 Å². The molecule has 0 spiro atoms. The van der Waals surface area contributed by atoms with E-state index in [-0.39, 0.29) is 21.4 Å². The van der Waals surface area contributed by atoms with Crippen molar-refractivity contribution in [3.63, 3.8) is 0 Å². The number of sulfone groups is 1. The molecule has 7 nitrogen and oxygen atoms in total. The Morgan fingerprint density at radius 2 is 1.74 bits per heavy atom. The van der Waals surface area contributed by atoms with Crippen LogP contribution in [0.1, 0.15) is 12.5 Å².